The summed E-state index contributed by atoms with van der Waals surface area (Å²) in [5, 5.41) is 13.0. The van der Waals surface area contributed by atoms with E-state index in [4.69, 9.17) is 11.6 Å². The molecule has 17 heteroatoms. The van der Waals surface area contributed by atoms with Gasteiger partial charge < -0.3 is 26.2 Å². The van der Waals surface area contributed by atoms with E-state index in [0.29, 0.717) is 29.4 Å². The normalized spacial score (nSPS) is 16.1. The highest BCUT2D eigenvalue weighted by atomic mass is 35.5. The summed E-state index contributed by atoms with van der Waals surface area (Å²) < 4.78 is 67.0. The van der Waals surface area contributed by atoms with Crippen molar-refractivity contribution in [3.8, 4) is 0 Å². The predicted molar refractivity (Wildman–Crippen MR) is 163 cm³/mol. The van der Waals surface area contributed by atoms with Crippen molar-refractivity contribution in [2.24, 2.45) is 0 Å². The maximum atomic E-state index is 12.7. The van der Waals surface area contributed by atoms with Crippen molar-refractivity contribution in [1.29, 1.82) is 0 Å². The largest absolute Gasteiger partial charge is 0.458 e. The SMILES string of the molecule is CN1CCCC1CCNC(=O)Nc1ccc2cc1CCc1cccc(c1)Nc1ncc(Cl)c(n1)N2.O=C(C(=O)C(F)(F)F)C(F)(F)F. The fourth-order valence-corrected chi connectivity index (χ4v) is 5.12. The summed E-state index contributed by atoms with van der Waals surface area (Å²) in [4.78, 5) is 43.1. The zero-order chi connectivity index (χ0) is 34.4. The number of halogens is 7. The molecule has 252 valence electrons. The third-order valence-electron chi connectivity index (χ3n) is 7.38. The molecule has 2 aliphatic heterocycles. The highest BCUT2D eigenvalue weighted by molar-refractivity contribution is 6.41. The van der Waals surface area contributed by atoms with Crippen molar-refractivity contribution in [3.63, 3.8) is 0 Å². The molecule has 10 nitrogen and oxygen atoms in total. The Morgan fingerprint density at radius 1 is 0.979 bits per heavy atom. The average molecular weight is 686 g/mol. The lowest BCUT2D eigenvalue weighted by molar-refractivity contribution is -0.193. The van der Waals surface area contributed by atoms with Crippen LogP contribution in [0.1, 0.15) is 30.4 Å². The number of carbonyl (C=O) groups is 3. The van der Waals surface area contributed by atoms with Gasteiger partial charge in [-0.05, 0) is 87.2 Å². The molecular weight excluding hydrogens is 656 g/mol. The number of Topliss-reactive ketones (excluding diaryl/α,β-unsaturated/α-hetero) is 2. The summed E-state index contributed by atoms with van der Waals surface area (Å²) in [6.45, 7) is 1.80. The van der Waals surface area contributed by atoms with Gasteiger partial charge in [-0.15, -0.1) is 0 Å². The molecule has 2 amide bonds. The molecule has 3 heterocycles. The second-order valence-electron chi connectivity index (χ2n) is 10.8. The van der Waals surface area contributed by atoms with Crippen LogP contribution < -0.4 is 21.3 Å². The number of urea groups is 1. The van der Waals surface area contributed by atoms with Gasteiger partial charge in [0.15, 0.2) is 5.82 Å². The van der Waals surface area contributed by atoms with Gasteiger partial charge in [0.25, 0.3) is 0 Å². The average Bonchev–Trinajstić information content (AvgIpc) is 3.41. The summed E-state index contributed by atoms with van der Waals surface area (Å²) in [5.74, 6) is -5.84. The minimum Gasteiger partial charge on any atom is -0.339 e. The summed E-state index contributed by atoms with van der Waals surface area (Å²) in [6.07, 6.45) is -4.98. The number of fused-ring (bicyclic) bond motifs is 6. The van der Waals surface area contributed by atoms with Crippen molar-refractivity contribution in [2.45, 2.75) is 50.5 Å². The van der Waals surface area contributed by atoms with Crippen LogP contribution in [0.2, 0.25) is 5.02 Å². The lowest BCUT2D eigenvalue weighted by Gasteiger charge is -2.19. The second-order valence-corrected chi connectivity index (χ2v) is 11.2. The molecule has 4 N–H and O–H groups in total. The Labute approximate surface area is 270 Å². The summed E-state index contributed by atoms with van der Waals surface area (Å²) in [6, 6.07) is 14.4. The maximum absolute atomic E-state index is 12.7. The Balaban J connectivity index is 0.000000356. The number of rotatable bonds is 5. The van der Waals surface area contributed by atoms with Crippen LogP contribution in [0, 0.1) is 0 Å². The molecule has 6 bridgehead atoms. The summed E-state index contributed by atoms with van der Waals surface area (Å²) in [7, 11) is 2.15. The molecule has 1 saturated heterocycles. The number of carbonyl (C=O) groups excluding carboxylic acids is 3. The van der Waals surface area contributed by atoms with Gasteiger partial charge >= 0.3 is 30.0 Å². The molecule has 47 heavy (non-hydrogen) atoms. The van der Waals surface area contributed by atoms with Crippen molar-refractivity contribution in [3.05, 3.63) is 64.8 Å². The number of nitrogens with zero attached hydrogens (tertiary/aromatic N) is 3. The van der Waals surface area contributed by atoms with Crippen molar-refractivity contribution < 1.29 is 40.7 Å². The van der Waals surface area contributed by atoms with Gasteiger partial charge in [0.05, 0.1) is 6.20 Å². The Morgan fingerprint density at radius 3 is 2.34 bits per heavy atom. The molecule has 1 fully saturated rings. The van der Waals surface area contributed by atoms with E-state index in [1.165, 1.54) is 18.4 Å². The van der Waals surface area contributed by atoms with Gasteiger partial charge in [-0.3, -0.25) is 9.59 Å². The Bertz CT molecular complexity index is 1600. The quantitative estimate of drug-likeness (QED) is 0.175. The first-order chi connectivity index (χ1) is 22.1. The summed E-state index contributed by atoms with van der Waals surface area (Å²) in [5.41, 5.74) is 4.76. The minimum atomic E-state index is -5.77. The number of hydrogen-bond acceptors (Lipinski definition) is 8. The van der Waals surface area contributed by atoms with Crippen LogP contribution in [0.3, 0.4) is 0 Å². The molecule has 0 saturated carbocycles. The molecule has 1 atom stereocenters. The zero-order valence-electron chi connectivity index (χ0n) is 24.9. The Kier molecular flexibility index (Phi) is 11.3. The second kappa shape index (κ2) is 15.0. The predicted octanol–water partition coefficient (Wildman–Crippen LogP) is 6.57. The molecule has 2 aliphatic rings. The van der Waals surface area contributed by atoms with Crippen molar-refractivity contribution in [1.82, 2.24) is 20.2 Å². The third kappa shape index (κ3) is 10.0. The van der Waals surface area contributed by atoms with E-state index >= 15 is 0 Å². The van der Waals surface area contributed by atoms with E-state index in [0.717, 1.165) is 48.4 Å². The van der Waals surface area contributed by atoms with Crippen LogP contribution in [0.4, 0.5) is 60.0 Å². The van der Waals surface area contributed by atoms with E-state index < -0.39 is 23.9 Å². The van der Waals surface area contributed by atoms with Gasteiger partial charge in [0.2, 0.25) is 5.95 Å². The van der Waals surface area contributed by atoms with Gasteiger partial charge in [-0.25, -0.2) is 9.78 Å². The number of aromatic nitrogens is 2. The van der Waals surface area contributed by atoms with Crippen LogP contribution >= 0.6 is 11.6 Å². The molecule has 1 unspecified atom stereocenters. The van der Waals surface area contributed by atoms with E-state index in [2.05, 4.69) is 55.3 Å². The molecule has 5 rings (SSSR count). The number of ketones is 2. The number of benzene rings is 2. The van der Waals surface area contributed by atoms with Crippen LogP contribution in [-0.2, 0) is 22.4 Å². The van der Waals surface area contributed by atoms with E-state index in [-0.39, 0.29) is 6.03 Å². The fraction of sp³-hybridized carbons (Fsp3) is 0.367. The molecule has 2 aromatic carbocycles. The monoisotopic (exact) mass is 685 g/mol. The first-order valence-corrected chi connectivity index (χ1v) is 14.7. The van der Waals surface area contributed by atoms with Gasteiger partial charge in [0.1, 0.15) is 5.02 Å². The topological polar surface area (TPSA) is 128 Å². The Morgan fingerprint density at radius 2 is 1.68 bits per heavy atom. The first kappa shape index (κ1) is 35.4. The lowest BCUT2D eigenvalue weighted by atomic mass is 10.0. The number of aryl methyl sites for hydroxylation is 2. The first-order valence-electron chi connectivity index (χ1n) is 14.4. The number of amides is 2. The molecule has 0 radical (unpaired) electrons. The maximum Gasteiger partial charge on any atom is 0.458 e. The highest BCUT2D eigenvalue weighted by Crippen LogP contribution is 2.30. The standard InChI is InChI=1S/C26H30ClN7O.C4F6O2/c1-34-13-3-6-21(34)11-12-28-26(35)32-23-10-9-20-15-18(23)8-7-17-4-2-5-19(14-17)31-25-29-16-22(27)24(30-20)33-25;5-3(6,7)1(11)2(12)4(8,9)10/h2,4-5,9-10,14-16,21H,3,6-8,11-13H2,1H3,(H2,28,32,35)(H2,29,30,31,33);. The number of anilines is 5. The van der Waals surface area contributed by atoms with Crippen molar-refractivity contribution >= 4 is 58.0 Å². The van der Waals surface area contributed by atoms with Crippen molar-refractivity contribution in [2.75, 3.05) is 36.1 Å². The number of alkyl halides is 6. The highest BCUT2D eigenvalue weighted by Gasteiger charge is 2.54. The molecule has 3 aromatic rings. The van der Waals surface area contributed by atoms with Crippen LogP contribution in [0.15, 0.2) is 48.7 Å². The van der Waals surface area contributed by atoms with Crippen LogP contribution in [0.5, 0.6) is 0 Å². The molecule has 0 spiro atoms. The smallest absolute Gasteiger partial charge is 0.339 e. The minimum absolute atomic E-state index is 0.180. The van der Waals surface area contributed by atoms with E-state index in [1.54, 1.807) is 6.20 Å². The number of nitrogens with one attached hydrogen (secondary N) is 4. The van der Waals surface area contributed by atoms with E-state index in [9.17, 15) is 40.7 Å². The Hall–Kier alpha value is -4.44. The number of likely N-dealkylation sites (tertiary alicyclic amines) is 1. The van der Waals surface area contributed by atoms with Gasteiger partial charge in [-0.1, -0.05) is 23.7 Å². The van der Waals surface area contributed by atoms with E-state index in [1.807, 2.05) is 30.3 Å². The lowest BCUT2D eigenvalue weighted by Crippen LogP contribution is -2.39. The van der Waals surface area contributed by atoms with Gasteiger partial charge in [0, 0.05) is 29.6 Å². The molecular formula is C30H30ClF6N7O3. The summed E-state index contributed by atoms with van der Waals surface area (Å²) >= 11 is 6.35. The molecule has 0 aliphatic carbocycles. The van der Waals surface area contributed by atoms with Crippen LogP contribution in [0.25, 0.3) is 0 Å². The molecule has 1 aromatic heterocycles. The zero-order valence-corrected chi connectivity index (χ0v) is 25.6. The van der Waals surface area contributed by atoms with Gasteiger partial charge in [-0.2, -0.15) is 31.3 Å². The third-order valence-corrected chi connectivity index (χ3v) is 7.66. The van der Waals surface area contributed by atoms with Crippen LogP contribution in [-0.4, -0.2) is 71.0 Å². The fourth-order valence-electron chi connectivity index (χ4n) is 4.98. The number of hydrogen-bond donors (Lipinski definition) is 4.